The van der Waals surface area contributed by atoms with Crippen LogP contribution in [0.3, 0.4) is 0 Å². The summed E-state index contributed by atoms with van der Waals surface area (Å²) in [5.74, 6) is -0.0242. The molecule has 1 heterocycles. The maximum Gasteiger partial charge on any atom is 0.222 e. The molecule has 2 aromatic rings. The second-order valence-corrected chi connectivity index (χ2v) is 5.21. The van der Waals surface area contributed by atoms with Crippen LogP contribution in [0.2, 0.25) is 0 Å². The van der Waals surface area contributed by atoms with E-state index in [1.807, 2.05) is 12.3 Å². The maximum absolute atomic E-state index is 11.8. The molecule has 21 heavy (non-hydrogen) atoms. The second kappa shape index (κ2) is 7.24. The van der Waals surface area contributed by atoms with Crippen LogP contribution in [-0.4, -0.2) is 37.2 Å². The second-order valence-electron chi connectivity index (χ2n) is 5.21. The number of hydrogen-bond acceptors (Lipinski definition) is 3. The Morgan fingerprint density at radius 2 is 2.29 bits per heavy atom. The van der Waals surface area contributed by atoms with E-state index in [2.05, 4.69) is 29.4 Å². The minimum Gasteiger partial charge on any atom is -0.380 e. The van der Waals surface area contributed by atoms with Gasteiger partial charge in [-0.1, -0.05) is 12.1 Å². The van der Waals surface area contributed by atoms with E-state index in [9.17, 15) is 4.79 Å². The van der Waals surface area contributed by atoms with Gasteiger partial charge in [0, 0.05) is 37.3 Å². The Balaban J connectivity index is 1.89. The molecular weight excluding hydrogens is 266 g/mol. The Morgan fingerprint density at radius 3 is 3.00 bits per heavy atom. The molecule has 1 unspecified atom stereocenters. The summed E-state index contributed by atoms with van der Waals surface area (Å²) in [5.41, 5.74) is 9.12. The van der Waals surface area contributed by atoms with Crippen LogP contribution in [0.5, 0.6) is 0 Å². The Labute approximate surface area is 124 Å². The number of aromatic nitrogens is 1. The average Bonchev–Trinajstić information content (AvgIpc) is 2.89. The lowest BCUT2D eigenvalue weighted by Crippen LogP contribution is -2.33. The molecule has 5 nitrogen and oxygen atoms in total. The van der Waals surface area contributed by atoms with Crippen LogP contribution in [0.1, 0.15) is 17.5 Å². The topological polar surface area (TPSA) is 80.1 Å². The van der Waals surface area contributed by atoms with Gasteiger partial charge in [-0.25, -0.2) is 0 Å². The fourth-order valence-electron chi connectivity index (χ4n) is 2.53. The number of methoxy groups -OCH3 is 1. The Kier molecular flexibility index (Phi) is 5.36. The van der Waals surface area contributed by atoms with Gasteiger partial charge in [0.25, 0.3) is 0 Å². The van der Waals surface area contributed by atoms with Crippen molar-refractivity contribution in [2.75, 3.05) is 20.2 Å². The van der Waals surface area contributed by atoms with Gasteiger partial charge in [-0.2, -0.15) is 0 Å². The molecule has 0 fully saturated rings. The van der Waals surface area contributed by atoms with E-state index in [-0.39, 0.29) is 12.0 Å². The van der Waals surface area contributed by atoms with Gasteiger partial charge < -0.3 is 20.8 Å². The SMILES string of the molecule is COC(CN)CC(=O)NCCc1c[nH]c2cccc(C)c12. The van der Waals surface area contributed by atoms with Crippen LogP contribution in [0.25, 0.3) is 10.9 Å². The normalized spacial score (nSPS) is 12.5. The summed E-state index contributed by atoms with van der Waals surface area (Å²) in [7, 11) is 1.57. The molecule has 0 aliphatic carbocycles. The van der Waals surface area contributed by atoms with Crippen molar-refractivity contribution < 1.29 is 9.53 Å². The molecule has 0 aliphatic heterocycles. The third-order valence-electron chi connectivity index (χ3n) is 3.72. The largest absolute Gasteiger partial charge is 0.380 e. The lowest BCUT2D eigenvalue weighted by molar-refractivity contribution is -0.123. The highest BCUT2D eigenvalue weighted by Crippen LogP contribution is 2.22. The van der Waals surface area contributed by atoms with Gasteiger partial charge in [0.2, 0.25) is 5.91 Å². The third kappa shape index (κ3) is 3.83. The summed E-state index contributed by atoms with van der Waals surface area (Å²) < 4.78 is 5.10. The molecule has 1 aromatic carbocycles. The summed E-state index contributed by atoms with van der Waals surface area (Å²) in [6.45, 7) is 3.06. The van der Waals surface area contributed by atoms with Crippen molar-refractivity contribution in [1.82, 2.24) is 10.3 Å². The minimum absolute atomic E-state index is 0.0242. The number of benzene rings is 1. The van der Waals surface area contributed by atoms with Crippen LogP contribution >= 0.6 is 0 Å². The van der Waals surface area contributed by atoms with Crippen LogP contribution in [-0.2, 0) is 16.0 Å². The number of nitrogens with one attached hydrogen (secondary N) is 2. The molecule has 0 spiro atoms. The van der Waals surface area contributed by atoms with Gasteiger partial charge in [-0.05, 0) is 30.5 Å². The van der Waals surface area contributed by atoms with Gasteiger partial charge in [0.1, 0.15) is 0 Å². The highest BCUT2D eigenvalue weighted by molar-refractivity contribution is 5.86. The van der Waals surface area contributed by atoms with E-state index >= 15 is 0 Å². The third-order valence-corrected chi connectivity index (χ3v) is 3.72. The van der Waals surface area contributed by atoms with Gasteiger partial charge in [0.05, 0.1) is 12.5 Å². The molecule has 0 saturated heterocycles. The molecule has 5 heteroatoms. The summed E-state index contributed by atoms with van der Waals surface area (Å²) in [4.78, 5) is 15.0. The van der Waals surface area contributed by atoms with Crippen molar-refractivity contribution >= 4 is 16.8 Å². The Bertz CT molecular complexity index is 603. The molecule has 114 valence electrons. The molecule has 1 aromatic heterocycles. The van der Waals surface area contributed by atoms with Crippen LogP contribution in [0.4, 0.5) is 0 Å². The number of ether oxygens (including phenoxy) is 1. The number of rotatable bonds is 7. The highest BCUT2D eigenvalue weighted by atomic mass is 16.5. The molecule has 2 rings (SSSR count). The molecule has 1 atom stereocenters. The molecule has 0 aliphatic rings. The first kappa shape index (κ1) is 15.5. The zero-order chi connectivity index (χ0) is 15.2. The average molecular weight is 289 g/mol. The van der Waals surface area contributed by atoms with E-state index in [0.29, 0.717) is 19.5 Å². The molecule has 0 bridgehead atoms. The Morgan fingerprint density at radius 1 is 1.48 bits per heavy atom. The first-order chi connectivity index (χ1) is 10.2. The Hall–Kier alpha value is -1.85. The molecule has 0 radical (unpaired) electrons. The van der Waals surface area contributed by atoms with E-state index < -0.39 is 0 Å². The van der Waals surface area contributed by atoms with Crippen molar-refractivity contribution in [1.29, 1.82) is 0 Å². The van der Waals surface area contributed by atoms with Crippen molar-refractivity contribution in [2.24, 2.45) is 5.73 Å². The van der Waals surface area contributed by atoms with Crippen molar-refractivity contribution in [3.05, 3.63) is 35.5 Å². The van der Waals surface area contributed by atoms with E-state index in [1.165, 1.54) is 16.5 Å². The first-order valence-electron chi connectivity index (χ1n) is 7.20. The molecule has 0 saturated carbocycles. The van der Waals surface area contributed by atoms with Gasteiger partial charge in [-0.15, -0.1) is 0 Å². The first-order valence-corrected chi connectivity index (χ1v) is 7.20. The smallest absolute Gasteiger partial charge is 0.222 e. The fourth-order valence-corrected chi connectivity index (χ4v) is 2.53. The lowest BCUT2D eigenvalue weighted by Gasteiger charge is -2.12. The number of nitrogens with two attached hydrogens (primary N) is 1. The van der Waals surface area contributed by atoms with Gasteiger partial charge >= 0.3 is 0 Å². The summed E-state index contributed by atoms with van der Waals surface area (Å²) in [6, 6.07) is 6.20. The molecular formula is C16H23N3O2. The number of H-pyrrole nitrogens is 1. The maximum atomic E-state index is 11.8. The molecule has 1 amide bonds. The summed E-state index contributed by atoms with van der Waals surface area (Å²) in [5, 5.41) is 4.17. The monoisotopic (exact) mass is 289 g/mol. The number of carbonyl (C=O) groups excluding carboxylic acids is 1. The van der Waals surface area contributed by atoms with E-state index in [0.717, 1.165) is 11.9 Å². The summed E-state index contributed by atoms with van der Waals surface area (Å²) in [6.07, 6.45) is 2.92. The zero-order valence-electron chi connectivity index (χ0n) is 12.6. The van der Waals surface area contributed by atoms with Crippen LogP contribution in [0.15, 0.2) is 24.4 Å². The van der Waals surface area contributed by atoms with Crippen LogP contribution in [0, 0.1) is 6.92 Å². The highest BCUT2D eigenvalue weighted by Gasteiger charge is 2.11. The predicted octanol–water partition coefficient (Wildman–Crippen LogP) is 1.50. The number of aryl methyl sites for hydroxylation is 1. The summed E-state index contributed by atoms with van der Waals surface area (Å²) >= 11 is 0. The fraction of sp³-hybridized carbons (Fsp3) is 0.438. The van der Waals surface area contributed by atoms with Crippen molar-refractivity contribution in [2.45, 2.75) is 25.9 Å². The van der Waals surface area contributed by atoms with Crippen LogP contribution < -0.4 is 11.1 Å². The standard InChI is InChI=1S/C16H23N3O2/c1-11-4-3-5-14-16(11)12(10-19-14)6-7-18-15(20)8-13(9-17)21-2/h3-5,10,13,19H,6-9,17H2,1-2H3,(H,18,20). The molecule has 4 N–H and O–H groups in total. The number of aromatic amines is 1. The minimum atomic E-state index is -0.208. The van der Waals surface area contributed by atoms with E-state index in [4.69, 9.17) is 10.5 Å². The van der Waals surface area contributed by atoms with Crippen molar-refractivity contribution in [3.63, 3.8) is 0 Å². The van der Waals surface area contributed by atoms with E-state index in [1.54, 1.807) is 7.11 Å². The predicted molar refractivity (Wildman–Crippen MR) is 84.2 cm³/mol. The zero-order valence-corrected chi connectivity index (χ0v) is 12.6. The van der Waals surface area contributed by atoms with Gasteiger partial charge in [0.15, 0.2) is 0 Å². The number of carbonyl (C=O) groups is 1. The number of amides is 1. The number of hydrogen-bond donors (Lipinski definition) is 3. The number of fused-ring (bicyclic) bond motifs is 1. The van der Waals surface area contributed by atoms with Crippen molar-refractivity contribution in [3.8, 4) is 0 Å². The lowest BCUT2D eigenvalue weighted by atomic mass is 10.1. The quantitative estimate of drug-likeness (QED) is 0.722. The van der Waals surface area contributed by atoms with Gasteiger partial charge in [-0.3, -0.25) is 4.79 Å².